The van der Waals surface area contributed by atoms with Gasteiger partial charge in [-0.2, -0.15) is 0 Å². The van der Waals surface area contributed by atoms with Crippen LogP contribution < -0.4 is 10.2 Å². The number of benzene rings is 3. The number of hydrogen-bond acceptors (Lipinski definition) is 6. The van der Waals surface area contributed by atoms with Crippen molar-refractivity contribution in [1.82, 2.24) is 15.1 Å². The fourth-order valence-corrected chi connectivity index (χ4v) is 5.65. The first-order valence-electron chi connectivity index (χ1n) is 12.0. The number of hydroxylamine groups is 1. The molecule has 12 heteroatoms. The van der Waals surface area contributed by atoms with Crippen LogP contribution in [-0.4, -0.2) is 55.7 Å². The fourth-order valence-electron chi connectivity index (χ4n) is 4.63. The summed E-state index contributed by atoms with van der Waals surface area (Å²) >= 11 is 12.7. The van der Waals surface area contributed by atoms with E-state index in [1.165, 1.54) is 11.0 Å². The molecule has 3 atom stereocenters. The predicted octanol–water partition coefficient (Wildman–Crippen LogP) is 3.43. The third-order valence-electron chi connectivity index (χ3n) is 6.38. The largest absolute Gasteiger partial charge is 0.394 e. The minimum Gasteiger partial charge on any atom is -0.394 e. The number of nitrogens with zero attached hydrogens (tertiary/aromatic N) is 1. The first-order chi connectivity index (χ1) is 18.6. The highest BCUT2D eigenvalue weighted by atomic mass is 35.5. The number of carbonyl (C=O) groups is 2. The molecule has 0 aromatic heterocycles. The molecule has 3 aromatic carbocycles. The minimum atomic E-state index is -3.65. The lowest BCUT2D eigenvalue weighted by molar-refractivity contribution is -0.138. The van der Waals surface area contributed by atoms with Crippen molar-refractivity contribution in [2.45, 2.75) is 24.6 Å². The molecule has 0 spiro atoms. The summed E-state index contributed by atoms with van der Waals surface area (Å²) in [7, 11) is -3.65. The van der Waals surface area contributed by atoms with Gasteiger partial charge in [0.25, 0.3) is 11.8 Å². The fraction of sp³-hybridized carbons (Fsp3) is 0.259. The van der Waals surface area contributed by atoms with Crippen molar-refractivity contribution in [3.63, 3.8) is 0 Å². The number of sulfonamides is 1. The summed E-state index contributed by atoms with van der Waals surface area (Å²) in [5.74, 6) is -2.08. The average Bonchev–Trinajstić information content (AvgIpc) is 2.90. The van der Waals surface area contributed by atoms with Gasteiger partial charge in [-0.15, -0.1) is 0 Å². The van der Waals surface area contributed by atoms with Gasteiger partial charge >= 0.3 is 0 Å². The van der Waals surface area contributed by atoms with Crippen LogP contribution in [0.15, 0.2) is 72.8 Å². The summed E-state index contributed by atoms with van der Waals surface area (Å²) in [4.78, 5) is 34.5. The lowest BCUT2D eigenvalue weighted by atomic mass is 9.78. The van der Waals surface area contributed by atoms with Gasteiger partial charge in [-0.05, 0) is 34.9 Å². The topological polar surface area (TPSA) is 125 Å². The first kappa shape index (κ1) is 29.0. The van der Waals surface area contributed by atoms with Crippen LogP contribution in [0.3, 0.4) is 0 Å². The van der Waals surface area contributed by atoms with E-state index in [4.69, 9.17) is 28.0 Å². The Bertz CT molecular complexity index is 1450. The standard InChI is InChI=1S/C27H27Cl2N3O6S/c1-39(36,37)30-14-19(15-33)32-25(22-12-11-18(28)13-23(22)29)24(20-9-5-6-10-21(20)27(32)35)26(34)31-38-16-17-7-3-2-4-8-17/h2-13,19,24-25,30,33H,14-16H2,1H3,(H,31,34)/t19-,24?,25?/m1/s1. The van der Waals surface area contributed by atoms with Crippen molar-refractivity contribution in [3.05, 3.63) is 105 Å². The summed E-state index contributed by atoms with van der Waals surface area (Å²) in [6.07, 6.45) is 0.975. The summed E-state index contributed by atoms with van der Waals surface area (Å²) < 4.78 is 26.1. The van der Waals surface area contributed by atoms with Crippen molar-refractivity contribution >= 4 is 45.0 Å². The highest BCUT2D eigenvalue weighted by Crippen LogP contribution is 2.46. The summed E-state index contributed by atoms with van der Waals surface area (Å²) in [5.41, 5.74) is 4.40. The van der Waals surface area contributed by atoms with Crippen LogP contribution in [0.25, 0.3) is 0 Å². The van der Waals surface area contributed by atoms with Gasteiger partial charge in [-0.3, -0.25) is 14.4 Å². The zero-order valence-electron chi connectivity index (χ0n) is 20.9. The molecule has 2 amide bonds. The number of fused-ring (bicyclic) bond motifs is 1. The highest BCUT2D eigenvalue weighted by Gasteiger charge is 2.47. The van der Waals surface area contributed by atoms with Crippen molar-refractivity contribution in [3.8, 4) is 0 Å². The van der Waals surface area contributed by atoms with Crippen LogP contribution in [0, 0.1) is 0 Å². The second-order valence-corrected chi connectivity index (χ2v) is 11.8. The highest BCUT2D eigenvalue weighted by molar-refractivity contribution is 7.88. The zero-order chi connectivity index (χ0) is 28.2. The number of amides is 2. The number of nitrogens with one attached hydrogen (secondary N) is 2. The third kappa shape index (κ3) is 6.78. The van der Waals surface area contributed by atoms with E-state index >= 15 is 0 Å². The Morgan fingerprint density at radius 1 is 1.05 bits per heavy atom. The Kier molecular flexibility index (Phi) is 9.27. The van der Waals surface area contributed by atoms with Gasteiger partial charge in [0, 0.05) is 22.2 Å². The maximum Gasteiger partial charge on any atom is 0.255 e. The van der Waals surface area contributed by atoms with E-state index in [9.17, 15) is 23.1 Å². The summed E-state index contributed by atoms with van der Waals surface area (Å²) in [6.45, 7) is -0.770. The van der Waals surface area contributed by atoms with Gasteiger partial charge in [0.1, 0.15) is 0 Å². The lowest BCUT2D eigenvalue weighted by Gasteiger charge is -2.45. The molecule has 1 aliphatic heterocycles. The van der Waals surface area contributed by atoms with Crippen LogP contribution in [0.4, 0.5) is 0 Å². The Labute approximate surface area is 236 Å². The Morgan fingerprint density at radius 3 is 2.41 bits per heavy atom. The van der Waals surface area contributed by atoms with E-state index in [0.717, 1.165) is 11.8 Å². The van der Waals surface area contributed by atoms with E-state index in [-0.39, 0.29) is 23.7 Å². The first-order valence-corrected chi connectivity index (χ1v) is 14.6. The molecule has 0 fully saturated rings. The molecular weight excluding hydrogens is 565 g/mol. The number of aliphatic hydroxyl groups is 1. The molecule has 0 saturated heterocycles. The molecule has 0 radical (unpaired) electrons. The van der Waals surface area contributed by atoms with Gasteiger partial charge < -0.3 is 10.0 Å². The molecule has 1 heterocycles. The average molecular weight is 593 g/mol. The number of halogens is 2. The minimum absolute atomic E-state index is 0.105. The van der Waals surface area contributed by atoms with E-state index in [2.05, 4.69) is 10.2 Å². The van der Waals surface area contributed by atoms with Gasteiger partial charge in [-0.25, -0.2) is 18.6 Å². The lowest BCUT2D eigenvalue weighted by Crippen LogP contribution is -2.55. The van der Waals surface area contributed by atoms with E-state index in [1.54, 1.807) is 36.4 Å². The van der Waals surface area contributed by atoms with Crippen LogP contribution in [0.2, 0.25) is 10.0 Å². The molecule has 2 unspecified atom stereocenters. The molecular formula is C27H27Cl2N3O6S. The van der Waals surface area contributed by atoms with E-state index in [1.807, 2.05) is 30.3 Å². The molecule has 206 valence electrons. The van der Waals surface area contributed by atoms with Crippen LogP contribution >= 0.6 is 23.2 Å². The number of aliphatic hydroxyl groups excluding tert-OH is 1. The summed E-state index contributed by atoms with van der Waals surface area (Å²) in [5, 5.41) is 10.8. The van der Waals surface area contributed by atoms with E-state index < -0.39 is 46.4 Å². The van der Waals surface area contributed by atoms with Crippen molar-refractivity contribution in [1.29, 1.82) is 0 Å². The molecule has 0 saturated carbocycles. The number of hydrogen-bond donors (Lipinski definition) is 3. The van der Waals surface area contributed by atoms with E-state index in [0.29, 0.717) is 16.1 Å². The molecule has 0 aliphatic carbocycles. The smallest absolute Gasteiger partial charge is 0.255 e. The normalized spacial score (nSPS) is 17.9. The quantitative estimate of drug-likeness (QED) is 0.310. The zero-order valence-corrected chi connectivity index (χ0v) is 23.2. The second kappa shape index (κ2) is 12.5. The maximum atomic E-state index is 13.9. The summed E-state index contributed by atoms with van der Waals surface area (Å²) in [6, 6.07) is 18.5. The van der Waals surface area contributed by atoms with Gasteiger partial charge in [-0.1, -0.05) is 77.8 Å². The molecule has 39 heavy (non-hydrogen) atoms. The maximum absolute atomic E-state index is 13.9. The Hall–Kier alpha value is -2.99. The van der Waals surface area contributed by atoms with Gasteiger partial charge in [0.05, 0.1) is 37.5 Å². The molecule has 3 N–H and O–H groups in total. The SMILES string of the molecule is CS(=O)(=O)NC[C@H](CO)N1C(=O)c2ccccc2C(C(=O)NOCc2ccccc2)C1c1ccc(Cl)cc1Cl. The van der Waals surface area contributed by atoms with Crippen LogP contribution in [-0.2, 0) is 26.3 Å². The predicted molar refractivity (Wildman–Crippen MR) is 148 cm³/mol. The Balaban J connectivity index is 1.79. The molecule has 0 bridgehead atoms. The molecule has 9 nitrogen and oxygen atoms in total. The van der Waals surface area contributed by atoms with Gasteiger partial charge in [0.2, 0.25) is 10.0 Å². The van der Waals surface area contributed by atoms with Gasteiger partial charge in [0.15, 0.2) is 0 Å². The van der Waals surface area contributed by atoms with Crippen molar-refractivity contribution < 1.29 is 28.0 Å². The van der Waals surface area contributed by atoms with Crippen LogP contribution in [0.1, 0.15) is 39.0 Å². The molecule has 3 aromatic rings. The number of carbonyl (C=O) groups excluding carboxylic acids is 2. The van der Waals surface area contributed by atoms with Crippen molar-refractivity contribution in [2.24, 2.45) is 0 Å². The van der Waals surface area contributed by atoms with Crippen molar-refractivity contribution in [2.75, 3.05) is 19.4 Å². The second-order valence-electron chi connectivity index (χ2n) is 9.09. The van der Waals surface area contributed by atoms with Crippen LogP contribution in [0.5, 0.6) is 0 Å². The monoisotopic (exact) mass is 591 g/mol. The Morgan fingerprint density at radius 2 is 1.74 bits per heavy atom. The molecule has 4 rings (SSSR count). The third-order valence-corrected chi connectivity index (χ3v) is 7.63. The molecule has 1 aliphatic rings. The number of rotatable bonds is 10.